The maximum atomic E-state index is 12.1. The van der Waals surface area contributed by atoms with Crippen LogP contribution < -0.4 is 15.0 Å². The summed E-state index contributed by atoms with van der Waals surface area (Å²) < 4.78 is 5.65. The lowest BCUT2D eigenvalue weighted by Crippen LogP contribution is -2.33. The molecule has 0 aromatic heterocycles. The average molecular weight is 262 g/mol. The van der Waals surface area contributed by atoms with E-state index in [1.54, 1.807) is 0 Å². The number of anilines is 1. The van der Waals surface area contributed by atoms with E-state index in [1.807, 2.05) is 25.2 Å². The van der Waals surface area contributed by atoms with Crippen molar-refractivity contribution < 1.29 is 9.53 Å². The first-order valence-corrected chi connectivity index (χ1v) is 6.96. The summed E-state index contributed by atoms with van der Waals surface area (Å²) in [6.45, 7) is 5.50. The molecule has 0 unspecified atom stereocenters. The highest BCUT2D eigenvalue weighted by molar-refractivity contribution is 5.97. The molecule has 0 saturated carbocycles. The van der Waals surface area contributed by atoms with Crippen LogP contribution in [-0.4, -0.2) is 39.1 Å². The topological polar surface area (TPSA) is 41.6 Å². The molecule has 4 heteroatoms. The Morgan fingerprint density at radius 2 is 2.32 bits per heavy atom. The molecule has 1 aliphatic heterocycles. The minimum Gasteiger partial charge on any atom is -0.490 e. The van der Waals surface area contributed by atoms with E-state index < -0.39 is 0 Å². The van der Waals surface area contributed by atoms with Gasteiger partial charge in [-0.1, -0.05) is 6.92 Å². The molecule has 0 atom stereocenters. The first-order chi connectivity index (χ1) is 9.26. The van der Waals surface area contributed by atoms with E-state index in [0.717, 1.165) is 43.1 Å². The second kappa shape index (κ2) is 6.57. The number of Topliss-reactive ketones (excluding diaryl/α,β-unsaturated/α-hetero) is 1. The van der Waals surface area contributed by atoms with Crippen LogP contribution in [0.25, 0.3) is 0 Å². The number of ether oxygens (including phenoxy) is 1. The van der Waals surface area contributed by atoms with Crippen LogP contribution in [0.15, 0.2) is 18.2 Å². The van der Waals surface area contributed by atoms with Gasteiger partial charge in [-0.2, -0.15) is 0 Å². The predicted octanol–water partition coefficient (Wildman–Crippen LogP) is 2.09. The monoisotopic (exact) mass is 262 g/mol. The molecule has 104 valence electrons. The molecule has 0 aliphatic carbocycles. The molecule has 1 N–H and O–H groups in total. The van der Waals surface area contributed by atoms with Gasteiger partial charge in [0.2, 0.25) is 0 Å². The number of hydrogen-bond acceptors (Lipinski definition) is 4. The number of carbonyl (C=O) groups is 1. The highest BCUT2D eigenvalue weighted by Gasteiger charge is 2.19. The van der Waals surface area contributed by atoms with Crippen LogP contribution >= 0.6 is 0 Å². The molecule has 1 aliphatic rings. The van der Waals surface area contributed by atoms with Crippen LogP contribution in [0.3, 0.4) is 0 Å². The van der Waals surface area contributed by atoms with Gasteiger partial charge in [0.25, 0.3) is 0 Å². The van der Waals surface area contributed by atoms with Gasteiger partial charge in [-0.15, -0.1) is 0 Å². The van der Waals surface area contributed by atoms with E-state index in [2.05, 4.69) is 17.1 Å². The lowest BCUT2D eigenvalue weighted by molar-refractivity contribution is 0.0983. The minimum absolute atomic E-state index is 0.180. The number of hydrogen-bond donors (Lipinski definition) is 1. The fraction of sp³-hybridized carbons (Fsp3) is 0.533. The molecule has 0 saturated heterocycles. The molecule has 0 spiro atoms. The van der Waals surface area contributed by atoms with Crippen molar-refractivity contribution in [1.29, 1.82) is 0 Å². The molecular formula is C15H22N2O2. The van der Waals surface area contributed by atoms with Gasteiger partial charge in [-0.25, -0.2) is 0 Å². The number of fused-ring (bicyclic) bond motifs is 1. The van der Waals surface area contributed by atoms with Crippen molar-refractivity contribution in [2.45, 2.75) is 19.8 Å². The van der Waals surface area contributed by atoms with Crippen LogP contribution in [0.2, 0.25) is 0 Å². The van der Waals surface area contributed by atoms with E-state index in [9.17, 15) is 4.79 Å². The number of rotatable bonds is 6. The first-order valence-electron chi connectivity index (χ1n) is 6.96. The highest BCUT2D eigenvalue weighted by Crippen LogP contribution is 2.32. The number of nitrogens with one attached hydrogen (secondary N) is 1. The van der Waals surface area contributed by atoms with Gasteiger partial charge in [-0.3, -0.25) is 4.79 Å². The van der Waals surface area contributed by atoms with Crippen molar-refractivity contribution in [2.75, 3.05) is 38.2 Å². The van der Waals surface area contributed by atoms with Crippen LogP contribution in [-0.2, 0) is 0 Å². The number of nitrogens with zero attached hydrogens (tertiary/aromatic N) is 1. The van der Waals surface area contributed by atoms with E-state index in [0.29, 0.717) is 13.0 Å². The summed E-state index contributed by atoms with van der Waals surface area (Å²) in [4.78, 5) is 14.4. The molecule has 0 radical (unpaired) electrons. The van der Waals surface area contributed by atoms with Gasteiger partial charge in [0.1, 0.15) is 12.4 Å². The van der Waals surface area contributed by atoms with Crippen molar-refractivity contribution in [3.8, 4) is 5.75 Å². The zero-order valence-corrected chi connectivity index (χ0v) is 11.7. The number of carbonyl (C=O) groups excluding carboxylic acids is 1. The maximum absolute atomic E-state index is 12.1. The molecule has 0 amide bonds. The van der Waals surface area contributed by atoms with Crippen LogP contribution in [0.4, 0.5) is 5.69 Å². The molecule has 1 heterocycles. The van der Waals surface area contributed by atoms with Gasteiger partial charge in [0, 0.05) is 25.1 Å². The maximum Gasteiger partial charge on any atom is 0.164 e. The zero-order chi connectivity index (χ0) is 13.7. The molecule has 2 rings (SSSR count). The molecular weight excluding hydrogens is 240 g/mol. The fourth-order valence-electron chi connectivity index (χ4n) is 2.33. The molecule has 19 heavy (non-hydrogen) atoms. The molecule has 0 bridgehead atoms. The summed E-state index contributed by atoms with van der Waals surface area (Å²) in [5.74, 6) is 1.07. The molecule has 0 fully saturated rings. The second-order valence-electron chi connectivity index (χ2n) is 4.79. The average Bonchev–Trinajstić information content (AvgIpc) is 2.45. The largest absolute Gasteiger partial charge is 0.490 e. The van der Waals surface area contributed by atoms with Crippen molar-refractivity contribution in [3.05, 3.63) is 23.8 Å². The summed E-state index contributed by atoms with van der Waals surface area (Å²) in [5.41, 5.74) is 1.84. The third-order valence-corrected chi connectivity index (χ3v) is 3.34. The second-order valence-corrected chi connectivity index (χ2v) is 4.79. The molecule has 4 nitrogen and oxygen atoms in total. The third kappa shape index (κ3) is 3.26. The van der Waals surface area contributed by atoms with Gasteiger partial charge >= 0.3 is 0 Å². The van der Waals surface area contributed by atoms with Crippen LogP contribution in [0.1, 0.15) is 30.1 Å². The van der Waals surface area contributed by atoms with Crippen LogP contribution in [0.5, 0.6) is 5.75 Å². The van der Waals surface area contributed by atoms with Crippen molar-refractivity contribution >= 4 is 11.5 Å². The van der Waals surface area contributed by atoms with E-state index in [4.69, 9.17) is 4.74 Å². The summed E-state index contributed by atoms with van der Waals surface area (Å²) >= 11 is 0. The summed E-state index contributed by atoms with van der Waals surface area (Å²) in [6.07, 6.45) is 1.63. The van der Waals surface area contributed by atoms with E-state index >= 15 is 0 Å². The third-order valence-electron chi connectivity index (χ3n) is 3.34. The van der Waals surface area contributed by atoms with Gasteiger partial charge in [-0.05, 0) is 31.7 Å². The van der Waals surface area contributed by atoms with Crippen molar-refractivity contribution in [1.82, 2.24) is 5.32 Å². The quantitative estimate of drug-likeness (QED) is 0.797. The molecule has 1 aromatic carbocycles. The lowest BCUT2D eigenvalue weighted by Gasteiger charge is -2.31. The summed E-state index contributed by atoms with van der Waals surface area (Å²) in [7, 11) is 1.86. The Morgan fingerprint density at radius 3 is 3.05 bits per heavy atom. The number of benzene rings is 1. The Labute approximate surface area is 114 Å². The standard InChI is InChI=1S/C15H22N2O2/c1-3-8-17-9-10-19-15-5-4-12(11-13(15)17)14(18)6-7-16-2/h4-5,11,16H,3,6-10H2,1-2H3. The highest BCUT2D eigenvalue weighted by atomic mass is 16.5. The predicted molar refractivity (Wildman–Crippen MR) is 77.3 cm³/mol. The summed E-state index contributed by atoms with van der Waals surface area (Å²) in [6, 6.07) is 5.76. The zero-order valence-electron chi connectivity index (χ0n) is 11.7. The minimum atomic E-state index is 0.180. The van der Waals surface area contributed by atoms with Crippen molar-refractivity contribution in [3.63, 3.8) is 0 Å². The van der Waals surface area contributed by atoms with Gasteiger partial charge in [0.15, 0.2) is 5.78 Å². The fourth-order valence-corrected chi connectivity index (χ4v) is 2.33. The van der Waals surface area contributed by atoms with E-state index in [1.165, 1.54) is 0 Å². The Morgan fingerprint density at radius 1 is 1.47 bits per heavy atom. The Bertz CT molecular complexity index is 446. The molecule has 1 aromatic rings. The van der Waals surface area contributed by atoms with Gasteiger partial charge in [0.05, 0.1) is 12.2 Å². The smallest absolute Gasteiger partial charge is 0.164 e. The van der Waals surface area contributed by atoms with Crippen molar-refractivity contribution in [2.24, 2.45) is 0 Å². The van der Waals surface area contributed by atoms with Gasteiger partial charge < -0.3 is 15.0 Å². The Hall–Kier alpha value is -1.55. The Kier molecular flexibility index (Phi) is 4.80. The Balaban J connectivity index is 2.20. The normalized spacial score (nSPS) is 13.9. The first kappa shape index (κ1) is 13.9. The lowest BCUT2D eigenvalue weighted by atomic mass is 10.1. The van der Waals surface area contributed by atoms with E-state index in [-0.39, 0.29) is 5.78 Å². The SMILES string of the molecule is CCCN1CCOc2ccc(C(=O)CCNC)cc21. The number of ketones is 1. The van der Waals surface area contributed by atoms with Crippen LogP contribution in [0, 0.1) is 0 Å². The summed E-state index contributed by atoms with van der Waals surface area (Å²) in [5, 5.41) is 3.00.